The summed E-state index contributed by atoms with van der Waals surface area (Å²) in [6.07, 6.45) is 4.86. The van der Waals surface area contributed by atoms with Crippen molar-refractivity contribution in [1.29, 1.82) is 0 Å². The lowest BCUT2D eigenvalue weighted by molar-refractivity contribution is -0.142. The van der Waals surface area contributed by atoms with Gasteiger partial charge in [0.05, 0.1) is 18.3 Å². The second kappa shape index (κ2) is 5.47. The van der Waals surface area contributed by atoms with Crippen molar-refractivity contribution >= 4 is 11.9 Å². The maximum Gasteiger partial charge on any atom is 0.306 e. The molecule has 0 radical (unpaired) electrons. The largest absolute Gasteiger partial charge is 0.481 e. The second-order valence-corrected chi connectivity index (χ2v) is 4.80. The molecular formula is C13H13FN4O3. The van der Waals surface area contributed by atoms with Gasteiger partial charge in [-0.25, -0.2) is 19.3 Å². The molecule has 1 aliphatic rings. The van der Waals surface area contributed by atoms with Crippen LogP contribution in [0.25, 0.3) is 11.6 Å². The van der Waals surface area contributed by atoms with Crippen LogP contribution in [0.5, 0.6) is 0 Å². The van der Waals surface area contributed by atoms with E-state index in [0.29, 0.717) is 31.9 Å². The highest BCUT2D eigenvalue weighted by molar-refractivity contribution is 5.70. The summed E-state index contributed by atoms with van der Waals surface area (Å²) in [5.41, 5.74) is 0.00496. The first-order valence-electron chi connectivity index (χ1n) is 6.55. The van der Waals surface area contributed by atoms with Gasteiger partial charge >= 0.3 is 5.97 Å². The molecule has 0 saturated carbocycles. The van der Waals surface area contributed by atoms with E-state index in [1.54, 1.807) is 0 Å². The van der Waals surface area contributed by atoms with Crippen molar-refractivity contribution in [1.82, 2.24) is 15.0 Å². The first-order valence-corrected chi connectivity index (χ1v) is 6.55. The normalized spacial score (nSPS) is 16.1. The molecule has 1 aliphatic heterocycles. The van der Waals surface area contributed by atoms with Crippen molar-refractivity contribution in [2.24, 2.45) is 5.92 Å². The Bertz CT molecular complexity index is 639. The highest BCUT2D eigenvalue weighted by Gasteiger charge is 2.26. The molecule has 1 N–H and O–H groups in total. The van der Waals surface area contributed by atoms with Crippen molar-refractivity contribution in [3.63, 3.8) is 0 Å². The van der Waals surface area contributed by atoms with Crippen LogP contribution in [0, 0.1) is 11.7 Å². The fourth-order valence-electron chi connectivity index (χ4n) is 2.33. The van der Waals surface area contributed by atoms with Gasteiger partial charge in [-0.05, 0) is 12.8 Å². The number of hydrogen-bond donors (Lipinski definition) is 1. The van der Waals surface area contributed by atoms with Gasteiger partial charge in [-0.3, -0.25) is 4.79 Å². The van der Waals surface area contributed by atoms with Gasteiger partial charge in [0.15, 0.2) is 11.5 Å². The molecule has 1 saturated heterocycles. The Morgan fingerprint density at radius 2 is 2.14 bits per heavy atom. The maximum atomic E-state index is 13.7. The Balaban J connectivity index is 1.81. The third-order valence-corrected chi connectivity index (χ3v) is 3.49. The molecule has 3 heterocycles. The number of halogens is 1. The standard InChI is InChI=1S/C13H13FN4O3/c14-9-7-16-13(17-10(9)11-15-3-6-21-11)18-4-1-8(2-5-18)12(19)20/h3,6-8H,1-2,4-5H2,(H,19,20). The predicted octanol–water partition coefficient (Wildman–Crippen LogP) is 1.57. The van der Waals surface area contributed by atoms with Gasteiger partial charge in [0.2, 0.25) is 11.8 Å². The lowest BCUT2D eigenvalue weighted by Crippen LogP contribution is -2.37. The van der Waals surface area contributed by atoms with Crippen molar-refractivity contribution in [2.45, 2.75) is 12.8 Å². The summed E-state index contributed by atoms with van der Waals surface area (Å²) in [5.74, 6) is -1.28. The van der Waals surface area contributed by atoms with Gasteiger partial charge in [0.1, 0.15) is 6.26 Å². The summed E-state index contributed by atoms with van der Waals surface area (Å²) in [7, 11) is 0. The predicted molar refractivity (Wildman–Crippen MR) is 70.1 cm³/mol. The molecule has 0 atom stereocenters. The quantitative estimate of drug-likeness (QED) is 0.917. The molecule has 7 nitrogen and oxygen atoms in total. The van der Waals surface area contributed by atoms with Gasteiger partial charge in [-0.1, -0.05) is 0 Å². The molecule has 110 valence electrons. The van der Waals surface area contributed by atoms with E-state index in [0.717, 1.165) is 6.20 Å². The molecule has 3 rings (SSSR count). The Labute approximate surface area is 119 Å². The third-order valence-electron chi connectivity index (χ3n) is 3.49. The van der Waals surface area contributed by atoms with E-state index in [4.69, 9.17) is 9.52 Å². The van der Waals surface area contributed by atoms with E-state index >= 15 is 0 Å². The van der Waals surface area contributed by atoms with Crippen LogP contribution in [0.3, 0.4) is 0 Å². The van der Waals surface area contributed by atoms with E-state index in [2.05, 4.69) is 15.0 Å². The van der Waals surface area contributed by atoms with E-state index in [-0.39, 0.29) is 17.5 Å². The number of carbonyl (C=O) groups is 1. The Morgan fingerprint density at radius 1 is 1.38 bits per heavy atom. The summed E-state index contributed by atoms with van der Waals surface area (Å²) in [6.45, 7) is 1.04. The van der Waals surface area contributed by atoms with Gasteiger partial charge < -0.3 is 14.4 Å². The van der Waals surface area contributed by atoms with Crippen LogP contribution in [0.2, 0.25) is 0 Å². The van der Waals surface area contributed by atoms with Crippen LogP contribution in [-0.2, 0) is 4.79 Å². The Morgan fingerprint density at radius 3 is 2.76 bits per heavy atom. The van der Waals surface area contributed by atoms with Crippen LogP contribution in [0.15, 0.2) is 23.1 Å². The molecule has 2 aromatic rings. The van der Waals surface area contributed by atoms with Gasteiger partial charge in [0, 0.05) is 13.1 Å². The number of aliphatic carboxylic acids is 1. The lowest BCUT2D eigenvalue weighted by Gasteiger charge is -2.30. The zero-order valence-electron chi connectivity index (χ0n) is 11.1. The topological polar surface area (TPSA) is 92.3 Å². The monoisotopic (exact) mass is 292 g/mol. The van der Waals surface area contributed by atoms with Crippen LogP contribution in [0.1, 0.15) is 12.8 Å². The number of carboxylic acid groups (broad SMARTS) is 1. The SMILES string of the molecule is O=C(O)C1CCN(c2ncc(F)c(-c3ncco3)n2)CC1. The highest BCUT2D eigenvalue weighted by atomic mass is 19.1. The minimum atomic E-state index is -0.782. The molecule has 0 amide bonds. The number of piperidine rings is 1. The van der Waals surface area contributed by atoms with Gasteiger partial charge in [-0.15, -0.1) is 0 Å². The van der Waals surface area contributed by atoms with Crippen molar-refractivity contribution in [2.75, 3.05) is 18.0 Å². The molecule has 2 aromatic heterocycles. The first-order chi connectivity index (χ1) is 10.1. The van der Waals surface area contributed by atoms with Crippen molar-refractivity contribution < 1.29 is 18.7 Å². The molecule has 0 spiro atoms. The van der Waals surface area contributed by atoms with Crippen LogP contribution in [-0.4, -0.2) is 39.1 Å². The number of nitrogens with zero attached hydrogens (tertiary/aromatic N) is 4. The molecule has 0 bridgehead atoms. The average Bonchev–Trinajstić information content (AvgIpc) is 3.02. The molecule has 21 heavy (non-hydrogen) atoms. The van der Waals surface area contributed by atoms with Crippen LogP contribution in [0.4, 0.5) is 10.3 Å². The minimum absolute atomic E-state index is 0.00496. The molecule has 8 heteroatoms. The molecule has 1 fully saturated rings. The van der Waals surface area contributed by atoms with E-state index in [1.807, 2.05) is 4.90 Å². The minimum Gasteiger partial charge on any atom is -0.481 e. The third kappa shape index (κ3) is 2.69. The fourth-order valence-corrected chi connectivity index (χ4v) is 2.33. The van der Waals surface area contributed by atoms with E-state index < -0.39 is 11.8 Å². The lowest BCUT2D eigenvalue weighted by atomic mass is 9.97. The molecular weight excluding hydrogens is 279 g/mol. The average molecular weight is 292 g/mol. The first kappa shape index (κ1) is 13.5. The molecule has 0 aromatic carbocycles. The molecule has 0 aliphatic carbocycles. The summed E-state index contributed by atoms with van der Waals surface area (Å²) in [5, 5.41) is 8.98. The number of rotatable bonds is 3. The Hall–Kier alpha value is -2.51. The number of aromatic nitrogens is 3. The van der Waals surface area contributed by atoms with Gasteiger partial charge in [0.25, 0.3) is 0 Å². The van der Waals surface area contributed by atoms with Crippen LogP contribution >= 0.6 is 0 Å². The zero-order valence-corrected chi connectivity index (χ0v) is 11.1. The fraction of sp³-hybridized carbons (Fsp3) is 0.385. The zero-order chi connectivity index (χ0) is 14.8. The molecule has 0 unspecified atom stereocenters. The van der Waals surface area contributed by atoms with E-state index in [9.17, 15) is 9.18 Å². The van der Waals surface area contributed by atoms with Crippen molar-refractivity contribution in [3.05, 3.63) is 24.5 Å². The summed E-state index contributed by atoms with van der Waals surface area (Å²) < 4.78 is 18.8. The maximum absolute atomic E-state index is 13.7. The Kier molecular flexibility index (Phi) is 3.51. The highest BCUT2D eigenvalue weighted by Crippen LogP contribution is 2.24. The van der Waals surface area contributed by atoms with Crippen LogP contribution < -0.4 is 4.90 Å². The second-order valence-electron chi connectivity index (χ2n) is 4.80. The number of anilines is 1. The van der Waals surface area contributed by atoms with Gasteiger partial charge in [-0.2, -0.15) is 0 Å². The summed E-state index contributed by atoms with van der Waals surface area (Å²) in [4.78, 5) is 24.8. The number of hydrogen-bond acceptors (Lipinski definition) is 6. The number of carboxylic acids is 1. The smallest absolute Gasteiger partial charge is 0.306 e. The van der Waals surface area contributed by atoms with Crippen molar-refractivity contribution in [3.8, 4) is 11.6 Å². The van der Waals surface area contributed by atoms with E-state index in [1.165, 1.54) is 12.5 Å². The summed E-state index contributed by atoms with van der Waals surface area (Å²) >= 11 is 0. The summed E-state index contributed by atoms with van der Waals surface area (Å²) in [6, 6.07) is 0. The number of oxazole rings is 1.